The van der Waals surface area contributed by atoms with Gasteiger partial charge in [0.05, 0.1) is 17.2 Å². The molecule has 3 nitrogen and oxygen atoms in total. The lowest BCUT2D eigenvalue weighted by Crippen LogP contribution is -2.30. The molecular weight excluding hydrogens is 236 g/mol. The summed E-state index contributed by atoms with van der Waals surface area (Å²) in [4.78, 5) is 10.6. The van der Waals surface area contributed by atoms with E-state index in [-0.39, 0.29) is 0 Å². The lowest BCUT2D eigenvalue weighted by Gasteiger charge is -2.27. The summed E-state index contributed by atoms with van der Waals surface area (Å²) in [6.45, 7) is 1.90. The van der Waals surface area contributed by atoms with E-state index < -0.39 is 11.6 Å². The minimum absolute atomic E-state index is 0.384. The van der Waals surface area contributed by atoms with Crippen molar-refractivity contribution in [1.29, 1.82) is 0 Å². The summed E-state index contributed by atoms with van der Waals surface area (Å²) in [5.74, 6) is -1.02. The molecule has 0 atom stereocenters. The number of hydrogen-bond acceptors (Lipinski definition) is 3. The fourth-order valence-corrected chi connectivity index (χ4v) is 2.27. The van der Waals surface area contributed by atoms with Crippen molar-refractivity contribution < 1.29 is 8.78 Å². The van der Waals surface area contributed by atoms with Gasteiger partial charge in [-0.25, -0.2) is 13.8 Å². The lowest BCUT2D eigenvalue weighted by molar-refractivity contribution is 0.510. The first-order chi connectivity index (χ1) is 8.74. The van der Waals surface area contributed by atoms with Crippen LogP contribution in [0.25, 0.3) is 11.0 Å². The third kappa shape index (κ3) is 2.00. The smallest absolute Gasteiger partial charge is 0.161 e. The average Bonchev–Trinajstić information content (AvgIpc) is 2.41. The van der Waals surface area contributed by atoms with Crippen LogP contribution >= 0.6 is 0 Å². The van der Waals surface area contributed by atoms with Gasteiger partial charge in [0.2, 0.25) is 0 Å². The molecule has 0 N–H and O–H groups in total. The van der Waals surface area contributed by atoms with E-state index in [4.69, 9.17) is 0 Å². The number of halogens is 2. The van der Waals surface area contributed by atoms with Gasteiger partial charge in [0.25, 0.3) is 0 Å². The summed E-state index contributed by atoms with van der Waals surface area (Å²) in [6.07, 6.45) is 5.14. The second-order valence-corrected chi connectivity index (χ2v) is 4.53. The summed E-state index contributed by atoms with van der Waals surface area (Å²) in [6, 6.07) is 2.18. The van der Waals surface area contributed by atoms with Gasteiger partial charge in [0, 0.05) is 25.2 Å². The molecule has 1 aromatic heterocycles. The van der Waals surface area contributed by atoms with E-state index in [9.17, 15) is 8.78 Å². The molecule has 1 aliphatic rings. The highest BCUT2D eigenvalue weighted by Crippen LogP contribution is 2.21. The Bertz CT molecular complexity index is 580. The van der Waals surface area contributed by atoms with E-state index >= 15 is 0 Å². The molecule has 2 heterocycles. The van der Waals surface area contributed by atoms with Crippen molar-refractivity contribution in [3.8, 4) is 0 Å². The summed E-state index contributed by atoms with van der Waals surface area (Å²) < 4.78 is 26.2. The van der Waals surface area contributed by atoms with Gasteiger partial charge in [-0.1, -0.05) is 0 Å². The lowest BCUT2D eigenvalue weighted by atomic mass is 10.1. The highest BCUT2D eigenvalue weighted by molar-refractivity contribution is 5.75. The van der Waals surface area contributed by atoms with Crippen molar-refractivity contribution in [3.05, 3.63) is 30.0 Å². The van der Waals surface area contributed by atoms with Gasteiger partial charge < -0.3 is 4.90 Å². The number of benzene rings is 1. The molecule has 1 saturated heterocycles. The van der Waals surface area contributed by atoms with Crippen molar-refractivity contribution in [2.45, 2.75) is 19.3 Å². The number of anilines is 1. The van der Waals surface area contributed by atoms with Crippen LogP contribution in [-0.2, 0) is 0 Å². The van der Waals surface area contributed by atoms with Gasteiger partial charge in [-0.15, -0.1) is 0 Å². The third-order valence-corrected chi connectivity index (χ3v) is 3.25. The molecule has 2 aromatic rings. The predicted molar refractivity (Wildman–Crippen MR) is 65.5 cm³/mol. The summed E-state index contributed by atoms with van der Waals surface area (Å²) >= 11 is 0. The molecule has 18 heavy (non-hydrogen) atoms. The number of hydrogen-bond donors (Lipinski definition) is 0. The zero-order valence-corrected chi connectivity index (χ0v) is 9.87. The third-order valence-electron chi connectivity index (χ3n) is 3.25. The molecule has 0 amide bonds. The molecule has 0 radical (unpaired) electrons. The summed E-state index contributed by atoms with van der Waals surface area (Å²) in [5, 5.41) is 0. The molecule has 3 rings (SSSR count). The Hall–Kier alpha value is -1.78. The van der Waals surface area contributed by atoms with Crippen molar-refractivity contribution in [2.24, 2.45) is 0 Å². The number of piperidine rings is 1. The monoisotopic (exact) mass is 249 g/mol. The zero-order valence-electron chi connectivity index (χ0n) is 9.87. The molecule has 0 saturated carbocycles. The van der Waals surface area contributed by atoms with Crippen LogP contribution in [0.4, 0.5) is 14.6 Å². The Balaban J connectivity index is 2.02. The van der Waals surface area contributed by atoms with Crippen LogP contribution in [0.1, 0.15) is 19.3 Å². The first-order valence-corrected chi connectivity index (χ1v) is 6.11. The molecule has 0 aliphatic carbocycles. The second-order valence-electron chi connectivity index (χ2n) is 4.53. The average molecular weight is 249 g/mol. The van der Waals surface area contributed by atoms with Gasteiger partial charge in [0.15, 0.2) is 11.6 Å². The molecule has 1 fully saturated rings. The molecule has 0 spiro atoms. The minimum atomic E-state index is -0.887. The maximum atomic E-state index is 13.2. The first-order valence-electron chi connectivity index (χ1n) is 6.11. The van der Waals surface area contributed by atoms with Crippen LogP contribution < -0.4 is 4.90 Å². The highest BCUT2D eigenvalue weighted by atomic mass is 19.2. The topological polar surface area (TPSA) is 29.0 Å². The van der Waals surface area contributed by atoms with E-state index in [1.54, 1.807) is 6.20 Å². The van der Waals surface area contributed by atoms with E-state index in [1.165, 1.54) is 6.42 Å². The number of nitrogens with zero attached hydrogens (tertiary/aromatic N) is 3. The van der Waals surface area contributed by atoms with Crippen LogP contribution in [0.2, 0.25) is 0 Å². The van der Waals surface area contributed by atoms with Crippen LogP contribution in [0.5, 0.6) is 0 Å². The van der Waals surface area contributed by atoms with Crippen LogP contribution in [0.3, 0.4) is 0 Å². The van der Waals surface area contributed by atoms with Gasteiger partial charge in [0.1, 0.15) is 5.82 Å². The largest absolute Gasteiger partial charge is 0.355 e. The molecule has 1 aromatic carbocycles. The van der Waals surface area contributed by atoms with Gasteiger partial charge in [-0.3, -0.25) is 4.98 Å². The minimum Gasteiger partial charge on any atom is -0.355 e. The molecule has 94 valence electrons. The highest BCUT2D eigenvalue weighted by Gasteiger charge is 2.14. The van der Waals surface area contributed by atoms with Crippen molar-refractivity contribution in [2.75, 3.05) is 18.0 Å². The van der Waals surface area contributed by atoms with Crippen molar-refractivity contribution >= 4 is 16.9 Å². The van der Waals surface area contributed by atoms with Crippen molar-refractivity contribution in [1.82, 2.24) is 9.97 Å². The molecule has 5 heteroatoms. The molecule has 1 aliphatic heterocycles. The van der Waals surface area contributed by atoms with Gasteiger partial charge >= 0.3 is 0 Å². The maximum Gasteiger partial charge on any atom is 0.161 e. The Morgan fingerprint density at radius 1 is 0.944 bits per heavy atom. The Morgan fingerprint density at radius 3 is 2.33 bits per heavy atom. The van der Waals surface area contributed by atoms with E-state index in [2.05, 4.69) is 14.9 Å². The predicted octanol–water partition coefficient (Wildman–Crippen LogP) is 2.90. The van der Waals surface area contributed by atoms with E-state index in [1.807, 2.05) is 0 Å². The zero-order chi connectivity index (χ0) is 12.5. The number of aromatic nitrogens is 2. The number of fused-ring (bicyclic) bond motifs is 1. The summed E-state index contributed by atoms with van der Waals surface area (Å²) in [5.41, 5.74) is 0.784. The van der Waals surface area contributed by atoms with Crippen LogP contribution in [-0.4, -0.2) is 23.1 Å². The van der Waals surface area contributed by atoms with Crippen molar-refractivity contribution in [3.63, 3.8) is 0 Å². The number of rotatable bonds is 1. The maximum absolute atomic E-state index is 13.2. The standard InChI is InChI=1S/C13H13F2N3/c14-9-6-11-12(7-10(9)15)17-13(8-16-11)18-4-2-1-3-5-18/h6-8H,1-5H2. The summed E-state index contributed by atoms with van der Waals surface area (Å²) in [7, 11) is 0. The second kappa shape index (κ2) is 4.48. The van der Waals surface area contributed by atoms with Gasteiger partial charge in [-0.05, 0) is 19.3 Å². The fourth-order valence-electron chi connectivity index (χ4n) is 2.27. The normalized spacial score (nSPS) is 16.2. The first kappa shape index (κ1) is 11.3. The van der Waals surface area contributed by atoms with Crippen LogP contribution in [0, 0.1) is 11.6 Å². The van der Waals surface area contributed by atoms with E-state index in [0.717, 1.165) is 43.9 Å². The van der Waals surface area contributed by atoms with Crippen LogP contribution in [0.15, 0.2) is 18.3 Å². The molecular formula is C13H13F2N3. The fraction of sp³-hybridized carbons (Fsp3) is 0.385. The quantitative estimate of drug-likeness (QED) is 0.778. The van der Waals surface area contributed by atoms with E-state index in [0.29, 0.717) is 11.0 Å². The molecule has 0 unspecified atom stereocenters. The Morgan fingerprint density at radius 2 is 1.61 bits per heavy atom. The SMILES string of the molecule is Fc1cc2ncc(N3CCCCC3)nc2cc1F. The molecule has 0 bridgehead atoms. The Kier molecular flexibility index (Phi) is 2.81. The Labute approximate surface area is 103 Å². The van der Waals surface area contributed by atoms with Gasteiger partial charge in [-0.2, -0.15) is 0 Å².